The van der Waals surface area contributed by atoms with E-state index < -0.39 is 0 Å². The van der Waals surface area contributed by atoms with E-state index >= 15 is 0 Å². The van der Waals surface area contributed by atoms with Crippen molar-refractivity contribution in [2.24, 2.45) is 5.73 Å². The molecule has 0 aromatic rings. The number of amides is 1. The van der Waals surface area contributed by atoms with Crippen LogP contribution in [0.2, 0.25) is 0 Å². The SMILES string of the molecule is CCCCN(CCCC)CC(=O)N(C)CCCN. The predicted molar refractivity (Wildman–Crippen MR) is 77.6 cm³/mol. The van der Waals surface area contributed by atoms with Gasteiger partial charge in [0.2, 0.25) is 5.91 Å². The summed E-state index contributed by atoms with van der Waals surface area (Å²) in [7, 11) is 1.87. The minimum absolute atomic E-state index is 0.218. The second-order valence-electron chi connectivity index (χ2n) is 4.94. The second-order valence-corrected chi connectivity index (χ2v) is 4.94. The molecule has 0 saturated carbocycles. The molecule has 0 aliphatic heterocycles. The van der Waals surface area contributed by atoms with E-state index in [1.165, 1.54) is 25.7 Å². The van der Waals surface area contributed by atoms with E-state index in [0.29, 0.717) is 13.1 Å². The molecule has 0 fully saturated rings. The highest BCUT2D eigenvalue weighted by Crippen LogP contribution is 2.00. The van der Waals surface area contributed by atoms with E-state index in [2.05, 4.69) is 18.7 Å². The Morgan fingerprint density at radius 2 is 1.56 bits per heavy atom. The average molecular weight is 257 g/mol. The van der Waals surface area contributed by atoms with Gasteiger partial charge in [0, 0.05) is 13.6 Å². The topological polar surface area (TPSA) is 49.6 Å². The first-order valence-corrected chi connectivity index (χ1v) is 7.32. The number of hydrogen-bond donors (Lipinski definition) is 1. The highest BCUT2D eigenvalue weighted by atomic mass is 16.2. The zero-order valence-corrected chi connectivity index (χ0v) is 12.5. The van der Waals surface area contributed by atoms with Crippen LogP contribution in [0, 0.1) is 0 Å². The molecule has 0 spiro atoms. The molecule has 4 heteroatoms. The van der Waals surface area contributed by atoms with Crippen LogP contribution in [0.5, 0.6) is 0 Å². The van der Waals surface area contributed by atoms with Crippen LogP contribution in [0.3, 0.4) is 0 Å². The quantitative estimate of drug-likeness (QED) is 0.613. The first kappa shape index (κ1) is 17.4. The molecule has 0 heterocycles. The fraction of sp³-hybridized carbons (Fsp3) is 0.929. The van der Waals surface area contributed by atoms with Crippen molar-refractivity contribution in [1.29, 1.82) is 0 Å². The van der Waals surface area contributed by atoms with Gasteiger partial charge in [0.05, 0.1) is 6.54 Å². The number of carbonyl (C=O) groups is 1. The van der Waals surface area contributed by atoms with Gasteiger partial charge in [-0.25, -0.2) is 0 Å². The molecule has 0 bridgehead atoms. The normalized spacial score (nSPS) is 10.9. The summed E-state index contributed by atoms with van der Waals surface area (Å²) in [6.07, 6.45) is 5.58. The van der Waals surface area contributed by atoms with Crippen molar-refractivity contribution in [2.75, 3.05) is 39.8 Å². The Balaban J connectivity index is 4.06. The summed E-state index contributed by atoms with van der Waals surface area (Å²) in [5.41, 5.74) is 5.46. The van der Waals surface area contributed by atoms with E-state index in [1.54, 1.807) is 4.90 Å². The van der Waals surface area contributed by atoms with Crippen molar-refractivity contribution in [3.8, 4) is 0 Å². The summed E-state index contributed by atoms with van der Waals surface area (Å²) in [6.45, 7) is 8.42. The van der Waals surface area contributed by atoms with E-state index in [4.69, 9.17) is 5.73 Å². The van der Waals surface area contributed by atoms with Crippen LogP contribution < -0.4 is 5.73 Å². The lowest BCUT2D eigenvalue weighted by Gasteiger charge is -2.24. The first-order valence-electron chi connectivity index (χ1n) is 7.32. The highest BCUT2D eigenvalue weighted by molar-refractivity contribution is 5.77. The maximum absolute atomic E-state index is 12.0. The third-order valence-electron chi connectivity index (χ3n) is 3.14. The van der Waals surface area contributed by atoms with Crippen molar-refractivity contribution >= 4 is 5.91 Å². The molecule has 18 heavy (non-hydrogen) atoms. The summed E-state index contributed by atoms with van der Waals surface area (Å²) in [5.74, 6) is 0.218. The Morgan fingerprint density at radius 1 is 1.00 bits per heavy atom. The fourth-order valence-corrected chi connectivity index (χ4v) is 1.80. The number of unbranched alkanes of at least 4 members (excludes halogenated alkanes) is 2. The van der Waals surface area contributed by atoms with Crippen LogP contribution in [-0.4, -0.2) is 55.5 Å². The molecule has 0 aromatic carbocycles. The average Bonchev–Trinajstić information content (AvgIpc) is 2.38. The van der Waals surface area contributed by atoms with Crippen LogP contribution in [0.4, 0.5) is 0 Å². The highest BCUT2D eigenvalue weighted by Gasteiger charge is 2.13. The van der Waals surface area contributed by atoms with Crippen LogP contribution in [-0.2, 0) is 4.79 Å². The molecule has 0 radical (unpaired) electrons. The third kappa shape index (κ3) is 8.48. The van der Waals surface area contributed by atoms with Crippen molar-refractivity contribution in [3.63, 3.8) is 0 Å². The predicted octanol–water partition coefficient (Wildman–Crippen LogP) is 1.70. The molecule has 1 amide bonds. The minimum Gasteiger partial charge on any atom is -0.345 e. The summed E-state index contributed by atoms with van der Waals surface area (Å²) < 4.78 is 0. The van der Waals surface area contributed by atoms with Gasteiger partial charge in [-0.1, -0.05) is 26.7 Å². The van der Waals surface area contributed by atoms with Gasteiger partial charge in [-0.3, -0.25) is 9.69 Å². The summed E-state index contributed by atoms with van der Waals surface area (Å²) in [4.78, 5) is 16.1. The molecule has 0 aromatic heterocycles. The van der Waals surface area contributed by atoms with Crippen LogP contribution in [0.25, 0.3) is 0 Å². The Morgan fingerprint density at radius 3 is 2.00 bits per heavy atom. The van der Waals surface area contributed by atoms with E-state index in [-0.39, 0.29) is 5.91 Å². The third-order valence-corrected chi connectivity index (χ3v) is 3.14. The zero-order valence-electron chi connectivity index (χ0n) is 12.5. The van der Waals surface area contributed by atoms with Gasteiger partial charge < -0.3 is 10.6 Å². The number of nitrogens with zero attached hydrogens (tertiary/aromatic N) is 2. The lowest BCUT2D eigenvalue weighted by Crippen LogP contribution is -2.40. The van der Waals surface area contributed by atoms with E-state index in [1.807, 2.05) is 7.05 Å². The molecule has 0 unspecified atom stereocenters. The number of rotatable bonds is 11. The zero-order chi connectivity index (χ0) is 13.8. The van der Waals surface area contributed by atoms with Crippen molar-refractivity contribution in [3.05, 3.63) is 0 Å². The monoisotopic (exact) mass is 257 g/mol. The van der Waals surface area contributed by atoms with Gasteiger partial charge in [0.1, 0.15) is 0 Å². The number of carbonyl (C=O) groups excluding carboxylic acids is 1. The van der Waals surface area contributed by atoms with Crippen LogP contribution in [0.15, 0.2) is 0 Å². The molecular weight excluding hydrogens is 226 g/mol. The van der Waals surface area contributed by atoms with Crippen LogP contribution >= 0.6 is 0 Å². The molecular formula is C14H31N3O. The van der Waals surface area contributed by atoms with E-state index in [9.17, 15) is 4.79 Å². The molecule has 2 N–H and O–H groups in total. The minimum atomic E-state index is 0.218. The number of nitrogens with two attached hydrogens (primary N) is 1. The standard InChI is InChI=1S/C14H31N3O/c1-4-6-11-17(12-7-5-2)13-14(18)16(3)10-8-9-15/h4-13,15H2,1-3H3. The van der Waals surface area contributed by atoms with Crippen LogP contribution in [0.1, 0.15) is 46.0 Å². The Kier molecular flexibility index (Phi) is 11.1. The van der Waals surface area contributed by atoms with Crippen molar-refractivity contribution in [1.82, 2.24) is 9.80 Å². The van der Waals surface area contributed by atoms with Gasteiger partial charge in [0.25, 0.3) is 0 Å². The maximum atomic E-state index is 12.0. The van der Waals surface area contributed by atoms with Crippen molar-refractivity contribution < 1.29 is 4.79 Å². The van der Waals surface area contributed by atoms with Gasteiger partial charge >= 0.3 is 0 Å². The summed E-state index contributed by atoms with van der Waals surface area (Å²) in [5, 5.41) is 0. The molecule has 0 rings (SSSR count). The lowest BCUT2D eigenvalue weighted by atomic mass is 10.2. The summed E-state index contributed by atoms with van der Waals surface area (Å²) in [6, 6.07) is 0. The number of hydrogen-bond acceptors (Lipinski definition) is 3. The van der Waals surface area contributed by atoms with Gasteiger partial charge in [-0.2, -0.15) is 0 Å². The molecule has 4 nitrogen and oxygen atoms in total. The Labute approximate surface area is 113 Å². The Hall–Kier alpha value is -0.610. The van der Waals surface area contributed by atoms with E-state index in [0.717, 1.165) is 26.1 Å². The number of likely N-dealkylation sites (N-methyl/N-ethyl adjacent to an activating group) is 1. The molecule has 108 valence electrons. The van der Waals surface area contributed by atoms with Gasteiger partial charge in [0.15, 0.2) is 0 Å². The molecule has 0 atom stereocenters. The Bertz CT molecular complexity index is 201. The maximum Gasteiger partial charge on any atom is 0.236 e. The van der Waals surface area contributed by atoms with Gasteiger partial charge in [-0.05, 0) is 38.9 Å². The molecule has 0 aliphatic rings. The van der Waals surface area contributed by atoms with Gasteiger partial charge in [-0.15, -0.1) is 0 Å². The fourth-order valence-electron chi connectivity index (χ4n) is 1.80. The molecule has 0 saturated heterocycles. The smallest absolute Gasteiger partial charge is 0.236 e. The first-order chi connectivity index (χ1) is 8.65. The summed E-state index contributed by atoms with van der Waals surface area (Å²) >= 11 is 0. The lowest BCUT2D eigenvalue weighted by molar-refractivity contribution is -0.131. The largest absolute Gasteiger partial charge is 0.345 e. The molecule has 0 aliphatic carbocycles. The second kappa shape index (κ2) is 11.5. The van der Waals surface area contributed by atoms with Crippen molar-refractivity contribution in [2.45, 2.75) is 46.0 Å².